The number of carbonyl (C=O) groups is 1. The van der Waals surface area contributed by atoms with Crippen molar-refractivity contribution in [3.8, 4) is 0 Å². The largest absolute Gasteiger partial charge is 0.299 e. The van der Waals surface area contributed by atoms with Crippen LogP contribution in [0.15, 0.2) is 23.6 Å². The van der Waals surface area contributed by atoms with Crippen molar-refractivity contribution in [3.63, 3.8) is 0 Å². The molecule has 1 aromatic heterocycles. The second-order valence-corrected chi connectivity index (χ2v) is 5.03. The molecule has 2 aromatic rings. The molecule has 0 aliphatic heterocycles. The zero-order chi connectivity index (χ0) is 13.1. The van der Waals surface area contributed by atoms with Gasteiger partial charge in [-0.15, -0.1) is 11.3 Å². The Kier molecular flexibility index (Phi) is 3.81. The second kappa shape index (κ2) is 5.35. The van der Waals surface area contributed by atoms with Gasteiger partial charge in [0.25, 0.3) is 0 Å². The summed E-state index contributed by atoms with van der Waals surface area (Å²) in [7, 11) is 0. The molecule has 94 valence electrons. The molecular weight excluding hydrogens is 256 g/mol. The van der Waals surface area contributed by atoms with E-state index in [-0.39, 0.29) is 24.2 Å². The molecule has 0 spiro atoms. The summed E-state index contributed by atoms with van der Waals surface area (Å²) in [5, 5.41) is 2.68. The molecule has 0 N–H and O–H groups in total. The summed E-state index contributed by atoms with van der Waals surface area (Å²) in [6.07, 6.45) is 0.0421. The number of nitrogens with zero attached hydrogens (tertiary/aromatic N) is 1. The molecule has 0 aliphatic carbocycles. The first-order valence-corrected chi connectivity index (χ1v) is 6.30. The molecule has 0 fully saturated rings. The topological polar surface area (TPSA) is 30.0 Å². The minimum atomic E-state index is -0.944. The predicted octanol–water partition coefficient (Wildman–Crippen LogP) is 3.08. The monoisotopic (exact) mass is 267 g/mol. The van der Waals surface area contributed by atoms with E-state index in [1.165, 1.54) is 23.5 Å². The number of ketones is 1. The fourth-order valence-corrected chi connectivity index (χ4v) is 2.26. The van der Waals surface area contributed by atoms with Crippen molar-refractivity contribution in [1.82, 2.24) is 4.98 Å². The number of hydrogen-bond donors (Lipinski definition) is 0. The maximum absolute atomic E-state index is 13.4. The number of benzene rings is 1. The van der Waals surface area contributed by atoms with Crippen LogP contribution in [0.1, 0.15) is 16.3 Å². The number of hydrogen-bond acceptors (Lipinski definition) is 3. The molecule has 0 bridgehead atoms. The summed E-state index contributed by atoms with van der Waals surface area (Å²) >= 11 is 1.46. The van der Waals surface area contributed by atoms with Gasteiger partial charge in [0.2, 0.25) is 0 Å². The van der Waals surface area contributed by atoms with Gasteiger partial charge in [0, 0.05) is 18.2 Å². The predicted molar refractivity (Wildman–Crippen MR) is 65.6 cm³/mol. The van der Waals surface area contributed by atoms with Crippen molar-refractivity contribution in [2.24, 2.45) is 0 Å². The van der Waals surface area contributed by atoms with E-state index in [4.69, 9.17) is 0 Å². The lowest BCUT2D eigenvalue weighted by Gasteiger charge is -2.02. The Morgan fingerprint density at radius 2 is 2.11 bits per heavy atom. The van der Waals surface area contributed by atoms with Gasteiger partial charge >= 0.3 is 0 Å². The lowest BCUT2D eigenvalue weighted by molar-refractivity contribution is -0.117. The van der Waals surface area contributed by atoms with Crippen LogP contribution >= 0.6 is 11.3 Å². The van der Waals surface area contributed by atoms with Crippen LogP contribution in [0.5, 0.6) is 0 Å². The molecule has 1 heterocycles. The van der Waals surface area contributed by atoms with Crippen molar-refractivity contribution in [3.05, 3.63) is 51.5 Å². The number of rotatable bonds is 4. The van der Waals surface area contributed by atoms with Crippen molar-refractivity contribution in [2.45, 2.75) is 19.8 Å². The van der Waals surface area contributed by atoms with Gasteiger partial charge < -0.3 is 0 Å². The third-order valence-corrected chi connectivity index (χ3v) is 3.29. The highest BCUT2D eigenvalue weighted by atomic mass is 32.1. The molecular formula is C13H11F2NOS. The summed E-state index contributed by atoms with van der Waals surface area (Å²) < 4.78 is 26.3. The van der Waals surface area contributed by atoms with Gasteiger partial charge in [-0.3, -0.25) is 4.79 Å². The van der Waals surface area contributed by atoms with E-state index in [0.29, 0.717) is 5.69 Å². The second-order valence-electron chi connectivity index (χ2n) is 3.96. The van der Waals surface area contributed by atoms with E-state index in [0.717, 1.165) is 11.1 Å². The fourth-order valence-electron chi connectivity index (χ4n) is 1.65. The zero-order valence-electron chi connectivity index (χ0n) is 9.74. The van der Waals surface area contributed by atoms with Gasteiger partial charge in [-0.05, 0) is 18.6 Å². The molecule has 0 unspecified atom stereocenters. The summed E-state index contributed by atoms with van der Waals surface area (Å²) in [4.78, 5) is 15.9. The Morgan fingerprint density at radius 3 is 2.78 bits per heavy atom. The highest BCUT2D eigenvalue weighted by Crippen LogP contribution is 2.14. The van der Waals surface area contributed by atoms with Gasteiger partial charge in [0.1, 0.15) is 5.78 Å². The van der Waals surface area contributed by atoms with Crippen LogP contribution in [-0.4, -0.2) is 10.8 Å². The number of aryl methyl sites for hydroxylation is 1. The molecule has 5 heteroatoms. The SMILES string of the molecule is Cc1nc(CC(=O)Cc2cccc(F)c2F)cs1. The molecule has 2 rings (SSSR count). The number of thiazole rings is 1. The molecule has 0 amide bonds. The minimum absolute atomic E-state index is 0.0898. The van der Waals surface area contributed by atoms with Crippen molar-refractivity contribution >= 4 is 17.1 Å². The maximum atomic E-state index is 13.4. The molecule has 1 aromatic carbocycles. The van der Waals surface area contributed by atoms with Crippen LogP contribution in [0, 0.1) is 18.6 Å². The highest BCUT2D eigenvalue weighted by molar-refractivity contribution is 7.09. The van der Waals surface area contributed by atoms with Crippen molar-refractivity contribution < 1.29 is 13.6 Å². The summed E-state index contributed by atoms with van der Waals surface area (Å²) in [6.45, 7) is 1.85. The van der Waals surface area contributed by atoms with Crippen LogP contribution in [0.3, 0.4) is 0 Å². The van der Waals surface area contributed by atoms with E-state index in [1.54, 1.807) is 5.38 Å². The van der Waals surface area contributed by atoms with Crippen LogP contribution in [0.4, 0.5) is 8.78 Å². The number of aromatic nitrogens is 1. The number of Topliss-reactive ketones (excluding diaryl/α,β-unsaturated/α-hetero) is 1. The lowest BCUT2D eigenvalue weighted by Crippen LogP contribution is -2.09. The summed E-state index contributed by atoms with van der Waals surface area (Å²) in [5.74, 6) is -2.05. The highest BCUT2D eigenvalue weighted by Gasteiger charge is 2.13. The first-order chi connectivity index (χ1) is 8.56. The summed E-state index contributed by atoms with van der Waals surface area (Å²) in [5.41, 5.74) is 0.770. The zero-order valence-corrected chi connectivity index (χ0v) is 10.6. The molecule has 0 saturated carbocycles. The standard InChI is InChI=1S/C13H11F2NOS/c1-8-16-10(7-18-8)6-11(17)5-9-3-2-4-12(14)13(9)15/h2-4,7H,5-6H2,1H3. The van der Waals surface area contributed by atoms with Crippen LogP contribution in [0.2, 0.25) is 0 Å². The minimum Gasteiger partial charge on any atom is -0.299 e. The average molecular weight is 267 g/mol. The van der Waals surface area contributed by atoms with Crippen molar-refractivity contribution in [1.29, 1.82) is 0 Å². The molecule has 0 aliphatic rings. The normalized spacial score (nSPS) is 10.6. The van der Waals surface area contributed by atoms with E-state index >= 15 is 0 Å². The third kappa shape index (κ3) is 2.98. The van der Waals surface area contributed by atoms with E-state index < -0.39 is 11.6 Å². The molecule has 0 radical (unpaired) electrons. The van der Waals surface area contributed by atoms with E-state index in [9.17, 15) is 13.6 Å². The van der Waals surface area contributed by atoms with Crippen LogP contribution < -0.4 is 0 Å². The van der Waals surface area contributed by atoms with Crippen LogP contribution in [-0.2, 0) is 17.6 Å². The molecule has 2 nitrogen and oxygen atoms in total. The number of carbonyl (C=O) groups excluding carboxylic acids is 1. The smallest absolute Gasteiger partial charge is 0.162 e. The first kappa shape index (κ1) is 12.8. The number of halogens is 2. The Balaban J connectivity index is 2.05. The van der Waals surface area contributed by atoms with E-state index in [2.05, 4.69) is 4.98 Å². The van der Waals surface area contributed by atoms with Gasteiger partial charge in [0.15, 0.2) is 11.6 Å². The van der Waals surface area contributed by atoms with Gasteiger partial charge in [-0.2, -0.15) is 0 Å². The summed E-state index contributed by atoms with van der Waals surface area (Å²) in [6, 6.07) is 3.85. The van der Waals surface area contributed by atoms with Gasteiger partial charge in [0.05, 0.1) is 10.7 Å². The average Bonchev–Trinajstić information content (AvgIpc) is 2.70. The first-order valence-electron chi connectivity index (χ1n) is 5.42. The Labute approximate surface area is 107 Å². The Morgan fingerprint density at radius 1 is 1.33 bits per heavy atom. The van der Waals surface area contributed by atoms with Crippen molar-refractivity contribution in [2.75, 3.05) is 0 Å². The fraction of sp³-hybridized carbons (Fsp3) is 0.231. The molecule has 0 saturated heterocycles. The van der Waals surface area contributed by atoms with E-state index in [1.807, 2.05) is 6.92 Å². The van der Waals surface area contributed by atoms with Gasteiger partial charge in [-0.25, -0.2) is 13.8 Å². The third-order valence-electron chi connectivity index (χ3n) is 2.46. The Hall–Kier alpha value is -1.62. The molecule has 18 heavy (non-hydrogen) atoms. The lowest BCUT2D eigenvalue weighted by atomic mass is 10.1. The Bertz CT molecular complexity index is 580. The maximum Gasteiger partial charge on any atom is 0.162 e. The van der Waals surface area contributed by atoms with Gasteiger partial charge in [-0.1, -0.05) is 12.1 Å². The quantitative estimate of drug-likeness (QED) is 0.852. The molecule has 0 atom stereocenters. The van der Waals surface area contributed by atoms with Crippen LogP contribution in [0.25, 0.3) is 0 Å².